The highest BCUT2D eigenvalue weighted by Gasteiger charge is 2.19. The summed E-state index contributed by atoms with van der Waals surface area (Å²) in [5.41, 5.74) is 0.388. The molecule has 0 aliphatic heterocycles. The predicted molar refractivity (Wildman–Crippen MR) is 82.6 cm³/mol. The lowest BCUT2D eigenvalue weighted by Gasteiger charge is -2.16. The molecule has 0 spiro atoms. The fraction of sp³-hybridized carbons (Fsp3) is 0.429. The number of carbonyl (C=O) groups excluding carboxylic acids is 1. The van der Waals surface area contributed by atoms with Crippen LogP contribution in [0.1, 0.15) is 33.8 Å². The number of hydrogen-bond donors (Lipinski definition) is 1. The molecule has 0 saturated heterocycles. The van der Waals surface area contributed by atoms with Gasteiger partial charge in [0.2, 0.25) is 0 Å². The Bertz CT molecular complexity index is 793. The average Bonchev–Trinajstić information content (AvgIpc) is 2.74. The van der Waals surface area contributed by atoms with Crippen molar-refractivity contribution in [1.82, 2.24) is 14.3 Å². The largest absolute Gasteiger partial charge is 0.481 e. The lowest BCUT2D eigenvalue weighted by molar-refractivity contribution is -0.137. The third kappa shape index (κ3) is 3.01. The zero-order chi connectivity index (χ0) is 16.4. The number of rotatable bonds is 5. The fourth-order valence-corrected chi connectivity index (χ4v) is 3.03. The molecule has 0 aliphatic rings. The van der Waals surface area contributed by atoms with Crippen molar-refractivity contribution in [2.24, 2.45) is 0 Å². The standard InChI is InChI=1S/C14H17N3O4S/c1-8-9(2)22-14-15-7-10(13(21)17(8)14)12(20)16(3)6-4-5-11(18)19/h7H,4-6H2,1-3H3,(H,18,19). The number of aromatic nitrogens is 2. The number of fused-ring (bicyclic) bond motifs is 1. The summed E-state index contributed by atoms with van der Waals surface area (Å²) in [5.74, 6) is -1.35. The molecule has 0 aliphatic carbocycles. The Morgan fingerprint density at radius 1 is 1.41 bits per heavy atom. The van der Waals surface area contributed by atoms with E-state index in [2.05, 4.69) is 4.98 Å². The third-order valence-electron chi connectivity index (χ3n) is 3.48. The highest BCUT2D eigenvalue weighted by Crippen LogP contribution is 2.18. The molecular formula is C14H17N3O4S. The van der Waals surface area contributed by atoms with Crippen molar-refractivity contribution in [3.8, 4) is 0 Å². The van der Waals surface area contributed by atoms with Crippen LogP contribution in [0.4, 0.5) is 0 Å². The number of aliphatic carboxylic acids is 1. The molecular weight excluding hydrogens is 306 g/mol. The van der Waals surface area contributed by atoms with Crippen molar-refractivity contribution in [2.75, 3.05) is 13.6 Å². The SMILES string of the molecule is Cc1sc2ncc(C(=O)N(C)CCCC(=O)O)c(=O)n2c1C. The molecule has 1 amide bonds. The lowest BCUT2D eigenvalue weighted by atomic mass is 10.2. The number of carboxylic acids is 1. The number of nitrogens with zero attached hydrogens (tertiary/aromatic N) is 3. The van der Waals surface area contributed by atoms with Crippen LogP contribution in [0, 0.1) is 13.8 Å². The quantitative estimate of drug-likeness (QED) is 0.895. The summed E-state index contributed by atoms with van der Waals surface area (Å²) in [6, 6.07) is 0. The number of carboxylic acid groups (broad SMARTS) is 1. The molecule has 1 N–H and O–H groups in total. The maximum Gasteiger partial charge on any atom is 0.303 e. The molecule has 118 valence electrons. The molecule has 0 fully saturated rings. The molecule has 2 aromatic rings. The van der Waals surface area contributed by atoms with E-state index in [9.17, 15) is 14.4 Å². The van der Waals surface area contributed by atoms with E-state index >= 15 is 0 Å². The van der Waals surface area contributed by atoms with Crippen LogP contribution in [-0.4, -0.2) is 44.9 Å². The zero-order valence-electron chi connectivity index (χ0n) is 12.6. The third-order valence-corrected chi connectivity index (χ3v) is 4.55. The first kappa shape index (κ1) is 16.2. The van der Waals surface area contributed by atoms with Gasteiger partial charge < -0.3 is 10.0 Å². The van der Waals surface area contributed by atoms with Gasteiger partial charge in [-0.3, -0.25) is 18.8 Å². The summed E-state index contributed by atoms with van der Waals surface area (Å²) in [7, 11) is 1.55. The van der Waals surface area contributed by atoms with Crippen molar-refractivity contribution < 1.29 is 14.7 Å². The summed E-state index contributed by atoms with van der Waals surface area (Å²) in [4.78, 5) is 42.4. The van der Waals surface area contributed by atoms with Crippen molar-refractivity contribution in [1.29, 1.82) is 0 Å². The first-order valence-electron chi connectivity index (χ1n) is 6.78. The van der Waals surface area contributed by atoms with Gasteiger partial charge in [-0.05, 0) is 20.3 Å². The van der Waals surface area contributed by atoms with Crippen LogP contribution in [-0.2, 0) is 4.79 Å². The molecule has 0 aromatic carbocycles. The summed E-state index contributed by atoms with van der Waals surface area (Å²) in [6.45, 7) is 3.98. The Kier molecular flexibility index (Phi) is 4.60. The molecule has 2 aromatic heterocycles. The van der Waals surface area contributed by atoms with Crippen molar-refractivity contribution in [3.63, 3.8) is 0 Å². The van der Waals surface area contributed by atoms with E-state index in [0.29, 0.717) is 11.4 Å². The molecule has 0 atom stereocenters. The van der Waals surface area contributed by atoms with E-state index in [1.165, 1.54) is 26.8 Å². The van der Waals surface area contributed by atoms with Crippen LogP contribution in [0.3, 0.4) is 0 Å². The molecule has 0 unspecified atom stereocenters. The second kappa shape index (κ2) is 6.27. The summed E-state index contributed by atoms with van der Waals surface area (Å²) in [6.07, 6.45) is 1.62. The molecule has 0 radical (unpaired) electrons. The van der Waals surface area contributed by atoms with Gasteiger partial charge in [-0.2, -0.15) is 0 Å². The summed E-state index contributed by atoms with van der Waals surface area (Å²) >= 11 is 1.40. The first-order valence-corrected chi connectivity index (χ1v) is 7.59. The van der Waals surface area contributed by atoms with E-state index in [4.69, 9.17) is 5.11 Å². The number of hydrogen-bond acceptors (Lipinski definition) is 5. The van der Waals surface area contributed by atoms with Crippen LogP contribution >= 0.6 is 11.3 Å². The summed E-state index contributed by atoms with van der Waals surface area (Å²) in [5, 5.41) is 8.61. The van der Waals surface area contributed by atoms with Gasteiger partial charge in [0.1, 0.15) is 5.56 Å². The van der Waals surface area contributed by atoms with Crippen LogP contribution in [0.2, 0.25) is 0 Å². The second-order valence-electron chi connectivity index (χ2n) is 5.06. The summed E-state index contributed by atoms with van der Waals surface area (Å²) < 4.78 is 1.44. The van der Waals surface area contributed by atoms with Gasteiger partial charge in [-0.15, -0.1) is 11.3 Å². The molecule has 0 saturated carbocycles. The van der Waals surface area contributed by atoms with Crippen molar-refractivity contribution in [2.45, 2.75) is 26.7 Å². The van der Waals surface area contributed by atoms with Gasteiger partial charge >= 0.3 is 5.97 Å². The fourth-order valence-electron chi connectivity index (χ4n) is 2.10. The molecule has 8 heteroatoms. The second-order valence-corrected chi connectivity index (χ2v) is 6.24. The van der Waals surface area contributed by atoms with E-state index in [-0.39, 0.29) is 24.1 Å². The van der Waals surface area contributed by atoms with Gasteiger partial charge in [0.05, 0.1) is 0 Å². The van der Waals surface area contributed by atoms with Crippen molar-refractivity contribution in [3.05, 3.63) is 32.7 Å². The smallest absolute Gasteiger partial charge is 0.303 e. The number of aryl methyl sites for hydroxylation is 2. The Morgan fingerprint density at radius 3 is 2.73 bits per heavy atom. The maximum atomic E-state index is 12.5. The first-order chi connectivity index (χ1) is 10.3. The van der Waals surface area contributed by atoms with Crippen molar-refractivity contribution >= 4 is 28.2 Å². The predicted octanol–water partition coefficient (Wildman–Crippen LogP) is 1.31. The van der Waals surface area contributed by atoms with Crippen LogP contribution in [0.25, 0.3) is 4.96 Å². The molecule has 7 nitrogen and oxygen atoms in total. The normalized spacial score (nSPS) is 10.9. The Balaban J connectivity index is 2.28. The van der Waals surface area contributed by atoms with Gasteiger partial charge in [-0.1, -0.05) is 0 Å². The number of thiazole rings is 1. The zero-order valence-corrected chi connectivity index (χ0v) is 13.4. The van der Waals surface area contributed by atoms with Gasteiger partial charge in [0.25, 0.3) is 11.5 Å². The monoisotopic (exact) mass is 323 g/mol. The van der Waals surface area contributed by atoms with E-state index in [1.807, 2.05) is 13.8 Å². The highest BCUT2D eigenvalue weighted by atomic mass is 32.1. The van der Waals surface area contributed by atoms with Gasteiger partial charge in [0, 0.05) is 36.8 Å². The van der Waals surface area contributed by atoms with Gasteiger partial charge in [-0.25, -0.2) is 4.98 Å². The molecule has 0 bridgehead atoms. The Labute approximate surface area is 130 Å². The van der Waals surface area contributed by atoms with E-state index in [0.717, 1.165) is 10.6 Å². The molecule has 2 heterocycles. The van der Waals surface area contributed by atoms with E-state index < -0.39 is 11.9 Å². The van der Waals surface area contributed by atoms with Crippen LogP contribution < -0.4 is 5.56 Å². The average molecular weight is 323 g/mol. The van der Waals surface area contributed by atoms with Crippen LogP contribution in [0.15, 0.2) is 11.0 Å². The number of carbonyl (C=O) groups is 2. The van der Waals surface area contributed by atoms with E-state index in [1.54, 1.807) is 7.05 Å². The molecule has 22 heavy (non-hydrogen) atoms. The minimum atomic E-state index is -0.909. The lowest BCUT2D eigenvalue weighted by Crippen LogP contribution is -2.34. The van der Waals surface area contributed by atoms with Crippen LogP contribution in [0.5, 0.6) is 0 Å². The van der Waals surface area contributed by atoms with Gasteiger partial charge in [0.15, 0.2) is 4.96 Å². The Morgan fingerprint density at radius 2 is 2.09 bits per heavy atom. The topological polar surface area (TPSA) is 92.0 Å². The Hall–Kier alpha value is -2.22. The highest BCUT2D eigenvalue weighted by molar-refractivity contribution is 7.17. The maximum absolute atomic E-state index is 12.5. The molecule has 2 rings (SSSR count). The number of amides is 1. The minimum Gasteiger partial charge on any atom is -0.481 e. The minimum absolute atomic E-state index is 0.00350.